The summed E-state index contributed by atoms with van der Waals surface area (Å²) in [4.78, 5) is 0. The summed E-state index contributed by atoms with van der Waals surface area (Å²) in [5.41, 5.74) is 0.692. The van der Waals surface area contributed by atoms with Crippen LogP contribution in [0.2, 0.25) is 10.0 Å². The van der Waals surface area contributed by atoms with Crippen LogP contribution in [0.3, 0.4) is 0 Å². The van der Waals surface area contributed by atoms with Gasteiger partial charge in [-0.1, -0.05) is 35.3 Å². The Hall–Kier alpha value is -1.45. The summed E-state index contributed by atoms with van der Waals surface area (Å²) in [7, 11) is 0. The smallest absolute Gasteiger partial charge is 0.147 e. The zero-order valence-electron chi connectivity index (χ0n) is 9.25. The van der Waals surface area contributed by atoms with Crippen molar-refractivity contribution in [3.05, 3.63) is 57.8 Å². The molecule has 0 fully saturated rings. The van der Waals surface area contributed by atoms with Crippen molar-refractivity contribution in [3.63, 3.8) is 0 Å². The SMILES string of the molecule is Oc1cccc(Cl)c1CNc1c(F)cccc1Cl. The minimum Gasteiger partial charge on any atom is -0.508 e. The average molecular weight is 286 g/mol. The maximum atomic E-state index is 13.5. The Kier molecular flexibility index (Phi) is 3.94. The molecule has 0 bridgehead atoms. The highest BCUT2D eigenvalue weighted by atomic mass is 35.5. The highest BCUT2D eigenvalue weighted by Gasteiger charge is 2.09. The predicted octanol–water partition coefficient (Wildman–Crippen LogP) is 4.45. The molecule has 5 heteroatoms. The van der Waals surface area contributed by atoms with Gasteiger partial charge in [-0.25, -0.2) is 4.39 Å². The van der Waals surface area contributed by atoms with E-state index in [1.165, 1.54) is 18.2 Å². The van der Waals surface area contributed by atoms with Crippen molar-refractivity contribution in [2.75, 3.05) is 5.32 Å². The Morgan fingerprint density at radius 1 is 1.06 bits per heavy atom. The molecule has 0 aliphatic heterocycles. The molecule has 0 aromatic heterocycles. The molecule has 2 aromatic rings. The van der Waals surface area contributed by atoms with Crippen LogP contribution < -0.4 is 5.32 Å². The monoisotopic (exact) mass is 285 g/mol. The first-order chi connectivity index (χ1) is 8.59. The third-order valence-corrected chi connectivity index (χ3v) is 3.17. The van der Waals surface area contributed by atoms with E-state index in [4.69, 9.17) is 23.2 Å². The number of aromatic hydroxyl groups is 1. The number of para-hydroxylation sites is 1. The molecule has 0 aliphatic rings. The fourth-order valence-corrected chi connectivity index (χ4v) is 2.03. The van der Waals surface area contributed by atoms with Crippen molar-refractivity contribution in [2.45, 2.75) is 6.54 Å². The second-order valence-corrected chi connectivity index (χ2v) is 4.50. The number of phenolic OH excluding ortho intramolecular Hbond substituents is 1. The summed E-state index contributed by atoms with van der Waals surface area (Å²) < 4.78 is 13.5. The van der Waals surface area contributed by atoms with E-state index < -0.39 is 5.82 Å². The minimum atomic E-state index is -0.450. The molecule has 0 atom stereocenters. The predicted molar refractivity (Wildman–Crippen MR) is 71.9 cm³/mol. The van der Waals surface area contributed by atoms with Gasteiger partial charge in [0.05, 0.1) is 10.7 Å². The fraction of sp³-hybridized carbons (Fsp3) is 0.0769. The van der Waals surface area contributed by atoms with Crippen molar-refractivity contribution in [1.29, 1.82) is 0 Å². The van der Waals surface area contributed by atoms with E-state index in [0.717, 1.165) is 0 Å². The third kappa shape index (κ3) is 2.68. The summed E-state index contributed by atoms with van der Waals surface area (Å²) in [6, 6.07) is 9.22. The van der Waals surface area contributed by atoms with E-state index in [0.29, 0.717) is 10.6 Å². The van der Waals surface area contributed by atoms with Gasteiger partial charge >= 0.3 is 0 Å². The maximum absolute atomic E-state index is 13.5. The number of phenols is 1. The number of anilines is 1. The number of rotatable bonds is 3. The molecule has 2 N–H and O–H groups in total. The van der Waals surface area contributed by atoms with Gasteiger partial charge < -0.3 is 10.4 Å². The first-order valence-electron chi connectivity index (χ1n) is 5.24. The van der Waals surface area contributed by atoms with Crippen LogP contribution in [0.1, 0.15) is 5.56 Å². The molecule has 0 amide bonds. The number of halogens is 3. The molecule has 0 radical (unpaired) electrons. The molecular formula is C13H10Cl2FNO. The Morgan fingerprint density at radius 3 is 2.39 bits per heavy atom. The van der Waals surface area contributed by atoms with Gasteiger partial charge in [0.1, 0.15) is 11.6 Å². The highest BCUT2D eigenvalue weighted by Crippen LogP contribution is 2.29. The van der Waals surface area contributed by atoms with Crippen molar-refractivity contribution >= 4 is 28.9 Å². The van der Waals surface area contributed by atoms with Crippen LogP contribution in [0.15, 0.2) is 36.4 Å². The topological polar surface area (TPSA) is 32.3 Å². The molecule has 2 aromatic carbocycles. The van der Waals surface area contributed by atoms with Crippen LogP contribution in [0, 0.1) is 5.82 Å². The van der Waals surface area contributed by atoms with E-state index in [2.05, 4.69) is 5.32 Å². The summed E-state index contributed by atoms with van der Waals surface area (Å²) in [6.07, 6.45) is 0. The Morgan fingerprint density at radius 2 is 1.72 bits per heavy atom. The van der Waals surface area contributed by atoms with Crippen LogP contribution >= 0.6 is 23.2 Å². The van der Waals surface area contributed by atoms with Gasteiger partial charge in [0.2, 0.25) is 0 Å². The summed E-state index contributed by atoms with van der Waals surface area (Å²) in [5.74, 6) is -0.392. The van der Waals surface area contributed by atoms with E-state index in [9.17, 15) is 9.50 Å². The van der Waals surface area contributed by atoms with Gasteiger partial charge in [0.15, 0.2) is 0 Å². The standard InChI is InChI=1S/C13H10Cl2FNO/c14-9-3-2-6-12(18)8(9)7-17-13-10(15)4-1-5-11(13)16/h1-6,17-18H,7H2. The van der Waals surface area contributed by atoms with Crippen molar-refractivity contribution in [3.8, 4) is 5.75 Å². The van der Waals surface area contributed by atoms with Gasteiger partial charge in [-0.2, -0.15) is 0 Å². The summed E-state index contributed by atoms with van der Waals surface area (Å²) in [6.45, 7) is 0.187. The second-order valence-electron chi connectivity index (χ2n) is 3.69. The molecule has 0 saturated heterocycles. The lowest BCUT2D eigenvalue weighted by Gasteiger charge is -2.11. The number of nitrogens with one attached hydrogen (secondary N) is 1. The molecule has 0 spiro atoms. The molecule has 94 valence electrons. The second kappa shape index (κ2) is 5.46. The van der Waals surface area contributed by atoms with E-state index in [-0.39, 0.29) is 23.0 Å². The normalized spacial score (nSPS) is 10.4. The van der Waals surface area contributed by atoms with E-state index in [1.807, 2.05) is 0 Å². The van der Waals surface area contributed by atoms with Crippen molar-refractivity contribution < 1.29 is 9.50 Å². The molecular weight excluding hydrogens is 276 g/mol. The number of benzene rings is 2. The lowest BCUT2D eigenvalue weighted by molar-refractivity contribution is 0.469. The van der Waals surface area contributed by atoms with Gasteiger partial charge in [-0.05, 0) is 24.3 Å². The average Bonchev–Trinajstić information content (AvgIpc) is 2.31. The molecule has 0 aliphatic carbocycles. The first kappa shape index (κ1) is 13.0. The Balaban J connectivity index is 2.22. The van der Waals surface area contributed by atoms with Crippen LogP contribution in [0.4, 0.5) is 10.1 Å². The zero-order valence-corrected chi connectivity index (χ0v) is 10.8. The van der Waals surface area contributed by atoms with Gasteiger partial charge in [0, 0.05) is 17.1 Å². The number of hydrogen-bond acceptors (Lipinski definition) is 2. The van der Waals surface area contributed by atoms with Gasteiger partial charge in [-0.15, -0.1) is 0 Å². The van der Waals surface area contributed by atoms with Crippen LogP contribution in [-0.4, -0.2) is 5.11 Å². The molecule has 18 heavy (non-hydrogen) atoms. The van der Waals surface area contributed by atoms with Gasteiger partial charge in [-0.3, -0.25) is 0 Å². The maximum Gasteiger partial charge on any atom is 0.147 e. The van der Waals surface area contributed by atoms with E-state index >= 15 is 0 Å². The van der Waals surface area contributed by atoms with Crippen LogP contribution in [-0.2, 0) is 6.54 Å². The lowest BCUT2D eigenvalue weighted by Crippen LogP contribution is -2.03. The number of hydrogen-bond donors (Lipinski definition) is 2. The molecule has 2 nitrogen and oxygen atoms in total. The fourth-order valence-electron chi connectivity index (χ4n) is 1.57. The lowest BCUT2D eigenvalue weighted by atomic mass is 10.2. The highest BCUT2D eigenvalue weighted by molar-refractivity contribution is 6.33. The molecule has 0 heterocycles. The first-order valence-corrected chi connectivity index (χ1v) is 5.99. The van der Waals surface area contributed by atoms with Crippen LogP contribution in [0.25, 0.3) is 0 Å². The van der Waals surface area contributed by atoms with Crippen LogP contribution in [0.5, 0.6) is 5.75 Å². The van der Waals surface area contributed by atoms with Gasteiger partial charge in [0.25, 0.3) is 0 Å². The summed E-state index contributed by atoms with van der Waals surface area (Å²) >= 11 is 11.8. The molecule has 2 rings (SSSR count). The van der Waals surface area contributed by atoms with Crippen molar-refractivity contribution in [1.82, 2.24) is 0 Å². The van der Waals surface area contributed by atoms with Crippen molar-refractivity contribution in [2.24, 2.45) is 0 Å². The minimum absolute atomic E-state index is 0.0578. The summed E-state index contributed by atoms with van der Waals surface area (Å²) in [5, 5.41) is 13.2. The molecule has 0 saturated carbocycles. The molecule has 0 unspecified atom stereocenters. The Bertz CT molecular complexity index is 483. The zero-order chi connectivity index (χ0) is 13.1. The Labute approximate surface area is 114 Å². The quantitative estimate of drug-likeness (QED) is 0.873. The third-order valence-electron chi connectivity index (χ3n) is 2.50. The van der Waals surface area contributed by atoms with E-state index in [1.54, 1.807) is 18.2 Å². The largest absolute Gasteiger partial charge is 0.508 e.